The largest absolute Gasteiger partial charge is 0.330 e. The minimum absolute atomic E-state index is 0.553. The molecule has 12 heavy (non-hydrogen) atoms. The van der Waals surface area contributed by atoms with Gasteiger partial charge in [-0.15, -0.1) is 0 Å². The molecule has 0 aromatic carbocycles. The number of nitrogens with two attached hydrogens (primary N) is 1. The third kappa shape index (κ3) is 2.20. The van der Waals surface area contributed by atoms with Gasteiger partial charge in [-0.05, 0) is 32.2 Å². The van der Waals surface area contributed by atoms with Gasteiger partial charge >= 0.3 is 0 Å². The minimum atomic E-state index is 0.553. The topological polar surface area (TPSA) is 53.0 Å². The van der Waals surface area contributed by atoms with Gasteiger partial charge in [0.05, 0.1) is 12.6 Å². The lowest BCUT2D eigenvalue weighted by Gasteiger charge is -2.35. The van der Waals surface area contributed by atoms with Crippen LogP contribution in [0.25, 0.3) is 0 Å². The van der Waals surface area contributed by atoms with E-state index in [0.717, 1.165) is 13.1 Å². The van der Waals surface area contributed by atoms with Crippen LogP contribution in [0.5, 0.6) is 0 Å². The Hall–Kier alpha value is -0.590. The zero-order valence-corrected chi connectivity index (χ0v) is 7.66. The standard InChI is InChI=1S/C9H17N3/c1-8-2-3-9(6-11)7-12(8)5-4-10/h8-9H,2-3,5-7,11H2,1H3. The minimum Gasteiger partial charge on any atom is -0.330 e. The monoisotopic (exact) mass is 167 g/mol. The average molecular weight is 167 g/mol. The summed E-state index contributed by atoms with van der Waals surface area (Å²) in [6.45, 7) is 4.50. The third-order valence-corrected chi connectivity index (χ3v) is 2.72. The summed E-state index contributed by atoms with van der Waals surface area (Å²) in [7, 11) is 0. The molecule has 1 rings (SSSR count). The molecule has 3 nitrogen and oxygen atoms in total. The van der Waals surface area contributed by atoms with Crippen molar-refractivity contribution in [2.45, 2.75) is 25.8 Å². The van der Waals surface area contributed by atoms with Gasteiger partial charge in [0.15, 0.2) is 0 Å². The van der Waals surface area contributed by atoms with Crippen LogP contribution < -0.4 is 5.73 Å². The van der Waals surface area contributed by atoms with Crippen LogP contribution in [-0.2, 0) is 0 Å². The van der Waals surface area contributed by atoms with Crippen molar-refractivity contribution in [3.63, 3.8) is 0 Å². The lowest BCUT2D eigenvalue weighted by molar-refractivity contribution is 0.137. The van der Waals surface area contributed by atoms with Gasteiger partial charge in [0, 0.05) is 12.6 Å². The van der Waals surface area contributed by atoms with Gasteiger partial charge in [0.25, 0.3) is 0 Å². The summed E-state index contributed by atoms with van der Waals surface area (Å²) in [5.41, 5.74) is 5.60. The van der Waals surface area contributed by atoms with E-state index in [0.29, 0.717) is 18.5 Å². The van der Waals surface area contributed by atoms with Crippen molar-refractivity contribution in [3.05, 3.63) is 0 Å². The van der Waals surface area contributed by atoms with Crippen molar-refractivity contribution >= 4 is 0 Å². The Morgan fingerprint density at radius 1 is 1.58 bits per heavy atom. The van der Waals surface area contributed by atoms with Crippen LogP contribution in [-0.4, -0.2) is 30.6 Å². The van der Waals surface area contributed by atoms with Crippen molar-refractivity contribution in [1.29, 1.82) is 5.26 Å². The molecule has 2 unspecified atom stereocenters. The fourth-order valence-electron chi connectivity index (χ4n) is 1.77. The predicted octanol–water partition coefficient (Wildman–Crippen LogP) is 0.569. The van der Waals surface area contributed by atoms with Gasteiger partial charge in [-0.25, -0.2) is 0 Å². The molecule has 1 saturated heterocycles. The second-order valence-corrected chi connectivity index (χ2v) is 3.62. The molecule has 0 aliphatic carbocycles. The molecule has 3 heteroatoms. The lowest BCUT2D eigenvalue weighted by Crippen LogP contribution is -2.43. The first-order valence-corrected chi connectivity index (χ1v) is 4.59. The molecule has 2 atom stereocenters. The van der Waals surface area contributed by atoms with E-state index >= 15 is 0 Å². The van der Waals surface area contributed by atoms with Crippen molar-refractivity contribution in [2.24, 2.45) is 11.7 Å². The Morgan fingerprint density at radius 3 is 2.92 bits per heavy atom. The second kappa shape index (κ2) is 4.44. The highest BCUT2D eigenvalue weighted by molar-refractivity contribution is 4.85. The summed E-state index contributed by atoms with van der Waals surface area (Å²) >= 11 is 0. The lowest BCUT2D eigenvalue weighted by atomic mass is 9.94. The predicted molar refractivity (Wildman–Crippen MR) is 48.4 cm³/mol. The number of piperidine rings is 1. The van der Waals surface area contributed by atoms with Crippen molar-refractivity contribution in [2.75, 3.05) is 19.6 Å². The molecule has 1 fully saturated rings. The van der Waals surface area contributed by atoms with Gasteiger partial charge in [-0.1, -0.05) is 0 Å². The number of hydrogen-bond acceptors (Lipinski definition) is 3. The summed E-state index contributed by atoms with van der Waals surface area (Å²) in [6.07, 6.45) is 2.41. The molecule has 2 N–H and O–H groups in total. The highest BCUT2D eigenvalue weighted by atomic mass is 15.2. The van der Waals surface area contributed by atoms with E-state index in [1.54, 1.807) is 0 Å². The van der Waals surface area contributed by atoms with Crippen LogP contribution in [0.4, 0.5) is 0 Å². The molecule has 0 aromatic heterocycles. The Bertz CT molecular complexity index is 173. The molecule has 68 valence electrons. The first-order chi connectivity index (χ1) is 5.77. The van der Waals surface area contributed by atoms with Gasteiger partial charge in [-0.3, -0.25) is 4.90 Å². The van der Waals surface area contributed by atoms with E-state index < -0.39 is 0 Å². The van der Waals surface area contributed by atoms with E-state index in [-0.39, 0.29) is 0 Å². The first kappa shape index (κ1) is 9.50. The molecule has 0 bridgehead atoms. The zero-order chi connectivity index (χ0) is 8.97. The fraction of sp³-hybridized carbons (Fsp3) is 0.889. The van der Waals surface area contributed by atoms with E-state index in [1.807, 2.05) is 0 Å². The van der Waals surface area contributed by atoms with Crippen molar-refractivity contribution < 1.29 is 0 Å². The zero-order valence-electron chi connectivity index (χ0n) is 7.66. The average Bonchev–Trinajstić information content (AvgIpc) is 2.09. The summed E-state index contributed by atoms with van der Waals surface area (Å²) in [6, 6.07) is 2.76. The Kier molecular flexibility index (Phi) is 3.51. The van der Waals surface area contributed by atoms with Crippen LogP contribution in [0, 0.1) is 17.2 Å². The number of likely N-dealkylation sites (tertiary alicyclic amines) is 1. The molecule has 1 aliphatic rings. The SMILES string of the molecule is CC1CCC(CN)CN1CC#N. The highest BCUT2D eigenvalue weighted by Gasteiger charge is 2.23. The van der Waals surface area contributed by atoms with Crippen molar-refractivity contribution in [1.82, 2.24) is 4.90 Å². The maximum Gasteiger partial charge on any atom is 0.0868 e. The number of hydrogen-bond donors (Lipinski definition) is 1. The summed E-state index contributed by atoms with van der Waals surface area (Å²) in [5.74, 6) is 0.606. The van der Waals surface area contributed by atoms with Gasteiger partial charge < -0.3 is 5.73 Å². The van der Waals surface area contributed by atoms with Crippen LogP contribution in [0.3, 0.4) is 0 Å². The molecule has 0 spiro atoms. The van der Waals surface area contributed by atoms with E-state index in [1.165, 1.54) is 12.8 Å². The number of nitriles is 1. The molecule has 0 aromatic rings. The molecular weight excluding hydrogens is 150 g/mol. The van der Waals surface area contributed by atoms with Crippen LogP contribution in [0.1, 0.15) is 19.8 Å². The number of nitrogens with zero attached hydrogens (tertiary/aromatic N) is 2. The van der Waals surface area contributed by atoms with Gasteiger partial charge in [0.2, 0.25) is 0 Å². The van der Waals surface area contributed by atoms with E-state index in [2.05, 4.69) is 17.9 Å². The van der Waals surface area contributed by atoms with Gasteiger partial charge in [0.1, 0.15) is 0 Å². The molecule has 1 aliphatic heterocycles. The summed E-state index contributed by atoms with van der Waals surface area (Å²) < 4.78 is 0. The van der Waals surface area contributed by atoms with Crippen molar-refractivity contribution in [3.8, 4) is 6.07 Å². The maximum absolute atomic E-state index is 8.57. The van der Waals surface area contributed by atoms with Crippen LogP contribution >= 0.6 is 0 Å². The normalized spacial score (nSPS) is 31.4. The molecular formula is C9H17N3. The molecule has 0 amide bonds. The maximum atomic E-state index is 8.57. The third-order valence-electron chi connectivity index (χ3n) is 2.72. The Labute approximate surface area is 74.1 Å². The smallest absolute Gasteiger partial charge is 0.0868 e. The summed E-state index contributed by atoms with van der Waals surface area (Å²) in [5, 5.41) is 8.57. The molecule has 1 heterocycles. The van der Waals surface area contributed by atoms with Crippen LogP contribution in [0.15, 0.2) is 0 Å². The Balaban J connectivity index is 2.42. The van der Waals surface area contributed by atoms with Crippen LogP contribution in [0.2, 0.25) is 0 Å². The highest BCUT2D eigenvalue weighted by Crippen LogP contribution is 2.20. The summed E-state index contributed by atoms with van der Waals surface area (Å²) in [4.78, 5) is 2.22. The van der Waals surface area contributed by atoms with Gasteiger partial charge in [-0.2, -0.15) is 5.26 Å². The fourth-order valence-corrected chi connectivity index (χ4v) is 1.77. The quantitative estimate of drug-likeness (QED) is 0.612. The number of rotatable bonds is 2. The van der Waals surface area contributed by atoms with E-state index in [4.69, 9.17) is 11.0 Å². The molecule has 0 radical (unpaired) electrons. The van der Waals surface area contributed by atoms with E-state index in [9.17, 15) is 0 Å². The first-order valence-electron chi connectivity index (χ1n) is 4.59. The molecule has 0 saturated carbocycles. The Morgan fingerprint density at radius 2 is 2.33 bits per heavy atom. The second-order valence-electron chi connectivity index (χ2n) is 3.62.